The molecule has 0 unspecified atom stereocenters. The first-order valence-corrected chi connectivity index (χ1v) is 11.4. The topological polar surface area (TPSA) is 69.5 Å². The first kappa shape index (κ1) is 18.5. The number of amides is 1. The van der Waals surface area contributed by atoms with Crippen LogP contribution in [0.1, 0.15) is 74.8 Å². The molecule has 6 nitrogen and oxygen atoms in total. The Morgan fingerprint density at radius 2 is 1.86 bits per heavy atom. The molecule has 1 aliphatic carbocycles. The highest BCUT2D eigenvalue weighted by Gasteiger charge is 2.48. The van der Waals surface area contributed by atoms with Gasteiger partial charge in [0, 0.05) is 25.2 Å². The van der Waals surface area contributed by atoms with Gasteiger partial charge < -0.3 is 9.42 Å². The fourth-order valence-electron chi connectivity index (χ4n) is 6.71. The number of aromatic amines is 1. The largest absolute Gasteiger partial charge is 0.373 e. The highest BCUT2D eigenvalue weighted by Crippen LogP contribution is 2.44. The number of hydrogen-bond acceptors (Lipinski definition) is 4. The molecule has 1 aromatic rings. The van der Waals surface area contributed by atoms with E-state index in [-0.39, 0.29) is 17.2 Å². The van der Waals surface area contributed by atoms with E-state index in [0.717, 1.165) is 19.0 Å². The van der Waals surface area contributed by atoms with Crippen LogP contribution in [0.25, 0.3) is 0 Å². The molecule has 3 saturated heterocycles. The van der Waals surface area contributed by atoms with Gasteiger partial charge in [-0.05, 0) is 50.0 Å². The summed E-state index contributed by atoms with van der Waals surface area (Å²) < 4.78 is 5.12. The number of aromatic nitrogens is 1. The summed E-state index contributed by atoms with van der Waals surface area (Å²) in [5.74, 6) is 2.04. The molecule has 4 atom stereocenters. The fourth-order valence-corrected chi connectivity index (χ4v) is 6.71. The number of piperidine rings is 3. The van der Waals surface area contributed by atoms with Crippen molar-refractivity contribution in [1.82, 2.24) is 15.0 Å². The van der Waals surface area contributed by atoms with Gasteiger partial charge in [-0.3, -0.25) is 14.5 Å². The third kappa shape index (κ3) is 3.44. The molecule has 5 rings (SSSR count). The normalized spacial score (nSPS) is 34.2. The number of fused-ring (bicyclic) bond motifs is 4. The minimum absolute atomic E-state index is 0.117. The van der Waals surface area contributed by atoms with Crippen molar-refractivity contribution in [1.29, 1.82) is 0 Å². The molecule has 1 amide bonds. The van der Waals surface area contributed by atoms with Gasteiger partial charge in [0.1, 0.15) is 0 Å². The van der Waals surface area contributed by atoms with Gasteiger partial charge in [0.25, 0.3) is 11.5 Å². The van der Waals surface area contributed by atoms with Crippen molar-refractivity contribution in [2.75, 3.05) is 19.6 Å². The van der Waals surface area contributed by atoms with Crippen molar-refractivity contribution in [3.63, 3.8) is 0 Å². The summed E-state index contributed by atoms with van der Waals surface area (Å²) in [5, 5.41) is 2.26. The standard InChI is InChI=1S/C22H33N3O3/c26-21-12-20(28-23-21)22(27)24-13-16-11-17(14-24)19(10-15-6-2-1-3-7-15)25-9-5-4-8-18(16)25/h12,15-19H,1-11,13-14H2,(H,23,26)/t16-,17+,18+,19+/m1/s1. The van der Waals surface area contributed by atoms with Gasteiger partial charge >= 0.3 is 0 Å². The Bertz CT molecular complexity index is 750. The lowest BCUT2D eigenvalue weighted by Crippen LogP contribution is -2.64. The SMILES string of the molecule is O=C(c1cc(=O)[nH]o1)N1C[C@H]2C[C@@H](C1)[C@H](CC1CCCCC1)N1CCCC[C@@H]21. The van der Waals surface area contributed by atoms with E-state index >= 15 is 0 Å². The minimum atomic E-state index is -0.339. The maximum atomic E-state index is 13.0. The third-order valence-corrected chi connectivity index (χ3v) is 7.94. The van der Waals surface area contributed by atoms with E-state index in [0.29, 0.717) is 23.9 Å². The van der Waals surface area contributed by atoms with E-state index in [1.807, 2.05) is 4.90 Å². The van der Waals surface area contributed by atoms with Gasteiger partial charge in [0.05, 0.1) is 6.07 Å². The molecule has 4 fully saturated rings. The van der Waals surface area contributed by atoms with Gasteiger partial charge in [-0.25, -0.2) is 0 Å². The zero-order valence-electron chi connectivity index (χ0n) is 16.8. The molecule has 0 spiro atoms. The Labute approximate surface area is 166 Å². The third-order valence-electron chi connectivity index (χ3n) is 7.94. The summed E-state index contributed by atoms with van der Waals surface area (Å²) in [4.78, 5) is 29.2. The van der Waals surface area contributed by atoms with Crippen LogP contribution in [-0.2, 0) is 0 Å². The minimum Gasteiger partial charge on any atom is -0.373 e. The second-order valence-corrected chi connectivity index (χ2v) is 9.65. The lowest BCUT2D eigenvalue weighted by atomic mass is 9.69. The van der Waals surface area contributed by atoms with Crippen molar-refractivity contribution >= 4 is 5.91 Å². The molecule has 1 aromatic heterocycles. The molecule has 4 heterocycles. The number of carbonyl (C=O) groups excluding carboxylic acids is 1. The van der Waals surface area contributed by atoms with Crippen molar-refractivity contribution in [3.8, 4) is 0 Å². The maximum Gasteiger partial charge on any atom is 0.292 e. The predicted molar refractivity (Wildman–Crippen MR) is 106 cm³/mol. The first-order chi connectivity index (χ1) is 13.7. The summed E-state index contributed by atoms with van der Waals surface area (Å²) in [6, 6.07) is 2.55. The van der Waals surface area contributed by atoms with E-state index < -0.39 is 0 Å². The van der Waals surface area contributed by atoms with Crippen LogP contribution in [0.4, 0.5) is 0 Å². The summed E-state index contributed by atoms with van der Waals surface area (Å²) in [5.41, 5.74) is -0.339. The Hall–Kier alpha value is -1.56. The lowest BCUT2D eigenvalue weighted by Gasteiger charge is -2.57. The van der Waals surface area contributed by atoms with E-state index in [4.69, 9.17) is 4.52 Å². The van der Waals surface area contributed by atoms with Crippen LogP contribution in [0, 0.1) is 17.8 Å². The number of hydrogen-bond donors (Lipinski definition) is 1. The van der Waals surface area contributed by atoms with E-state index in [9.17, 15) is 9.59 Å². The Morgan fingerprint density at radius 3 is 2.64 bits per heavy atom. The number of rotatable bonds is 3. The average molecular weight is 388 g/mol. The van der Waals surface area contributed by atoms with Crippen LogP contribution < -0.4 is 5.56 Å². The summed E-state index contributed by atoms with van der Waals surface area (Å²) in [6.07, 6.45) is 13.5. The first-order valence-electron chi connectivity index (χ1n) is 11.4. The molecular weight excluding hydrogens is 354 g/mol. The van der Waals surface area contributed by atoms with Crippen molar-refractivity contribution in [2.24, 2.45) is 17.8 Å². The van der Waals surface area contributed by atoms with Crippen LogP contribution in [0.3, 0.4) is 0 Å². The summed E-state index contributed by atoms with van der Waals surface area (Å²) in [7, 11) is 0. The number of H-pyrrole nitrogens is 1. The van der Waals surface area contributed by atoms with Crippen LogP contribution >= 0.6 is 0 Å². The molecule has 28 heavy (non-hydrogen) atoms. The molecule has 154 valence electrons. The quantitative estimate of drug-likeness (QED) is 0.864. The van der Waals surface area contributed by atoms with Crippen LogP contribution in [0.15, 0.2) is 15.4 Å². The van der Waals surface area contributed by atoms with E-state index in [1.165, 1.54) is 76.8 Å². The molecular formula is C22H33N3O3. The molecule has 4 aliphatic rings. The second-order valence-electron chi connectivity index (χ2n) is 9.65. The average Bonchev–Trinajstić information content (AvgIpc) is 3.17. The predicted octanol–water partition coefficient (Wildman–Crippen LogP) is 3.25. The molecule has 3 aliphatic heterocycles. The van der Waals surface area contributed by atoms with E-state index in [2.05, 4.69) is 10.1 Å². The Morgan fingerprint density at radius 1 is 1.07 bits per heavy atom. The highest BCUT2D eigenvalue weighted by molar-refractivity contribution is 5.91. The smallest absolute Gasteiger partial charge is 0.292 e. The Kier molecular flexibility index (Phi) is 5.07. The maximum absolute atomic E-state index is 13.0. The monoisotopic (exact) mass is 387 g/mol. The molecule has 6 heteroatoms. The summed E-state index contributed by atoms with van der Waals surface area (Å²) >= 11 is 0. The number of carbonyl (C=O) groups is 1. The van der Waals surface area contributed by atoms with Gasteiger partial charge in [-0.15, -0.1) is 0 Å². The van der Waals surface area contributed by atoms with Gasteiger partial charge in [-0.2, -0.15) is 5.16 Å². The summed E-state index contributed by atoms with van der Waals surface area (Å²) in [6.45, 7) is 2.86. The highest BCUT2D eigenvalue weighted by atomic mass is 16.5. The molecule has 2 bridgehead atoms. The zero-order chi connectivity index (χ0) is 19.1. The second kappa shape index (κ2) is 7.69. The van der Waals surface area contributed by atoms with Crippen LogP contribution in [0.5, 0.6) is 0 Å². The molecule has 1 N–H and O–H groups in total. The van der Waals surface area contributed by atoms with Gasteiger partial charge in [-0.1, -0.05) is 38.5 Å². The Balaban J connectivity index is 1.37. The number of likely N-dealkylation sites (tertiary alicyclic amines) is 1. The van der Waals surface area contributed by atoms with Crippen molar-refractivity contribution in [3.05, 3.63) is 22.2 Å². The van der Waals surface area contributed by atoms with Crippen molar-refractivity contribution < 1.29 is 9.32 Å². The zero-order valence-corrected chi connectivity index (χ0v) is 16.8. The molecule has 0 radical (unpaired) electrons. The van der Waals surface area contributed by atoms with E-state index in [1.54, 1.807) is 0 Å². The molecule has 1 saturated carbocycles. The lowest BCUT2D eigenvalue weighted by molar-refractivity contribution is -0.0729. The fraction of sp³-hybridized carbons (Fsp3) is 0.818. The van der Waals surface area contributed by atoms with Gasteiger partial charge in [0.15, 0.2) is 0 Å². The van der Waals surface area contributed by atoms with Gasteiger partial charge in [0.2, 0.25) is 5.76 Å². The van der Waals surface area contributed by atoms with Crippen LogP contribution in [0.2, 0.25) is 0 Å². The number of nitrogens with one attached hydrogen (secondary N) is 1. The molecule has 0 aromatic carbocycles. The number of nitrogens with zero attached hydrogens (tertiary/aromatic N) is 2. The van der Waals surface area contributed by atoms with Crippen LogP contribution in [-0.4, -0.2) is 52.6 Å². The van der Waals surface area contributed by atoms with Crippen molar-refractivity contribution in [2.45, 2.75) is 76.3 Å².